The number of nitrogens with two attached hydrogens (primary N) is 1. The van der Waals surface area contributed by atoms with Crippen LogP contribution in [-0.4, -0.2) is 0 Å². The van der Waals surface area contributed by atoms with E-state index in [1.165, 1.54) is 22.5 Å². The first kappa shape index (κ1) is 21.1. The number of nitrogen functional groups attached to an aromatic ring is 1. The molecule has 0 fully saturated rings. The van der Waals surface area contributed by atoms with Crippen LogP contribution in [0.3, 0.4) is 0 Å². The van der Waals surface area contributed by atoms with Gasteiger partial charge in [-0.3, -0.25) is 0 Å². The molecule has 0 amide bonds. The van der Waals surface area contributed by atoms with Crippen molar-refractivity contribution in [3.8, 4) is 0 Å². The Balaban J connectivity index is 1.61. The van der Waals surface area contributed by atoms with Gasteiger partial charge in [0.2, 0.25) is 0 Å². The molecule has 170 valence electrons. The summed E-state index contributed by atoms with van der Waals surface area (Å²) in [5, 5.41) is 11.1. The first-order chi connectivity index (χ1) is 17.1. The van der Waals surface area contributed by atoms with E-state index in [4.69, 9.17) is 5.73 Å². The molecular weight excluding hydrogens is 428 g/mol. The molecule has 4 nitrogen and oxygen atoms in total. The zero-order chi connectivity index (χ0) is 24.0. The van der Waals surface area contributed by atoms with E-state index < -0.39 is 0 Å². The van der Waals surface area contributed by atoms with Crippen LogP contribution in [-0.2, 0) is 5.41 Å². The zero-order valence-corrected chi connectivity index (χ0v) is 19.8. The van der Waals surface area contributed by atoms with Crippen molar-refractivity contribution >= 4 is 44.9 Å². The lowest BCUT2D eigenvalue weighted by Crippen LogP contribution is -2.30. The third-order valence-corrected chi connectivity index (χ3v) is 6.92. The van der Waals surface area contributed by atoms with Crippen LogP contribution in [0.15, 0.2) is 119 Å². The predicted octanol–water partition coefficient (Wildman–Crippen LogP) is 8.95. The molecule has 0 radical (unpaired) electrons. The van der Waals surface area contributed by atoms with Gasteiger partial charge < -0.3 is 10.6 Å². The number of benzene rings is 5. The predicted molar refractivity (Wildman–Crippen MR) is 146 cm³/mol. The molecule has 0 spiro atoms. The SMILES string of the molecule is CC1(C)c2ccccc2N(c2cc(N)c(N=Nc3ccccc3)c3ccccc23)c2ccccc21. The fraction of sp³-hybridized carbons (Fsp3) is 0.0968. The van der Waals surface area contributed by atoms with E-state index in [1.807, 2.05) is 42.5 Å². The van der Waals surface area contributed by atoms with Gasteiger partial charge >= 0.3 is 0 Å². The molecule has 5 aromatic carbocycles. The summed E-state index contributed by atoms with van der Waals surface area (Å²) in [6, 6.07) is 37.3. The Morgan fingerprint density at radius 1 is 0.600 bits per heavy atom. The number of hydrogen-bond acceptors (Lipinski definition) is 4. The quantitative estimate of drug-likeness (QED) is 0.218. The molecule has 0 saturated carbocycles. The molecule has 0 aromatic heterocycles. The van der Waals surface area contributed by atoms with Gasteiger partial charge in [-0.05, 0) is 41.5 Å². The van der Waals surface area contributed by atoms with Crippen molar-refractivity contribution in [1.82, 2.24) is 0 Å². The van der Waals surface area contributed by atoms with Crippen molar-refractivity contribution in [3.63, 3.8) is 0 Å². The maximum Gasteiger partial charge on any atom is 0.117 e. The van der Waals surface area contributed by atoms with Crippen LogP contribution in [0, 0.1) is 0 Å². The van der Waals surface area contributed by atoms with Crippen LogP contribution < -0.4 is 10.6 Å². The fourth-order valence-corrected chi connectivity index (χ4v) is 5.19. The molecule has 5 aromatic rings. The van der Waals surface area contributed by atoms with Gasteiger partial charge in [0, 0.05) is 16.2 Å². The van der Waals surface area contributed by atoms with E-state index in [0.29, 0.717) is 11.4 Å². The minimum Gasteiger partial charge on any atom is -0.397 e. The van der Waals surface area contributed by atoms with Crippen LogP contribution in [0.2, 0.25) is 0 Å². The van der Waals surface area contributed by atoms with Gasteiger partial charge in [-0.15, -0.1) is 5.11 Å². The lowest BCUT2D eigenvalue weighted by atomic mass is 9.73. The third-order valence-electron chi connectivity index (χ3n) is 6.92. The Labute approximate surface area is 205 Å². The van der Waals surface area contributed by atoms with E-state index in [-0.39, 0.29) is 5.41 Å². The average Bonchev–Trinajstić information content (AvgIpc) is 2.89. The zero-order valence-electron chi connectivity index (χ0n) is 19.8. The molecule has 0 unspecified atom stereocenters. The Hall–Kier alpha value is -4.44. The van der Waals surface area contributed by atoms with E-state index in [9.17, 15) is 0 Å². The van der Waals surface area contributed by atoms with Crippen LogP contribution in [0.4, 0.5) is 34.1 Å². The molecular formula is C31H26N4. The second-order valence-electron chi connectivity index (χ2n) is 9.41. The van der Waals surface area contributed by atoms with Crippen LogP contribution in [0.1, 0.15) is 25.0 Å². The smallest absolute Gasteiger partial charge is 0.117 e. The summed E-state index contributed by atoms with van der Waals surface area (Å²) in [5.41, 5.74) is 14.6. The summed E-state index contributed by atoms with van der Waals surface area (Å²) in [7, 11) is 0. The highest BCUT2D eigenvalue weighted by molar-refractivity contribution is 6.08. The number of fused-ring (bicyclic) bond motifs is 3. The maximum absolute atomic E-state index is 6.67. The summed E-state index contributed by atoms with van der Waals surface area (Å²) in [6.45, 7) is 4.59. The number of anilines is 4. The minimum absolute atomic E-state index is 0.116. The molecule has 0 aliphatic carbocycles. The Morgan fingerprint density at radius 3 is 1.80 bits per heavy atom. The molecule has 4 heteroatoms. The molecule has 1 aliphatic rings. The van der Waals surface area contributed by atoms with Crippen molar-refractivity contribution in [2.24, 2.45) is 10.2 Å². The topological polar surface area (TPSA) is 54.0 Å². The molecule has 2 N–H and O–H groups in total. The highest BCUT2D eigenvalue weighted by Crippen LogP contribution is 2.53. The van der Waals surface area contributed by atoms with Crippen molar-refractivity contribution in [3.05, 3.63) is 120 Å². The van der Waals surface area contributed by atoms with Gasteiger partial charge in [0.1, 0.15) is 5.69 Å². The third kappa shape index (κ3) is 3.38. The second-order valence-corrected chi connectivity index (χ2v) is 9.41. The first-order valence-corrected chi connectivity index (χ1v) is 11.8. The number of nitrogens with zero attached hydrogens (tertiary/aromatic N) is 3. The molecule has 0 atom stereocenters. The number of hydrogen-bond donors (Lipinski definition) is 1. The summed E-state index contributed by atoms with van der Waals surface area (Å²) < 4.78 is 0. The molecule has 35 heavy (non-hydrogen) atoms. The summed E-state index contributed by atoms with van der Waals surface area (Å²) >= 11 is 0. The van der Waals surface area contributed by atoms with Crippen molar-refractivity contribution in [1.29, 1.82) is 0 Å². The molecule has 0 saturated heterocycles. The first-order valence-electron chi connectivity index (χ1n) is 11.8. The Bertz CT molecular complexity index is 1540. The Kier molecular flexibility index (Phi) is 4.89. The summed E-state index contributed by atoms with van der Waals surface area (Å²) in [5.74, 6) is 0. The Morgan fingerprint density at radius 2 is 1.14 bits per heavy atom. The van der Waals surface area contributed by atoms with Gasteiger partial charge in [-0.1, -0.05) is 92.7 Å². The summed E-state index contributed by atoms with van der Waals surface area (Å²) in [4.78, 5) is 2.34. The largest absolute Gasteiger partial charge is 0.397 e. The average molecular weight is 455 g/mol. The van der Waals surface area contributed by atoms with E-state index in [1.54, 1.807) is 0 Å². The van der Waals surface area contributed by atoms with Gasteiger partial charge in [-0.2, -0.15) is 5.11 Å². The monoisotopic (exact) mass is 454 g/mol. The number of azo groups is 1. The lowest BCUT2D eigenvalue weighted by molar-refractivity contribution is 0.632. The van der Waals surface area contributed by atoms with E-state index in [2.05, 4.69) is 95.7 Å². The van der Waals surface area contributed by atoms with Gasteiger partial charge in [0.05, 0.1) is 28.4 Å². The fourth-order valence-electron chi connectivity index (χ4n) is 5.19. The van der Waals surface area contributed by atoms with Crippen molar-refractivity contribution < 1.29 is 0 Å². The normalized spacial score (nSPS) is 14.2. The summed E-state index contributed by atoms with van der Waals surface area (Å²) in [6.07, 6.45) is 0. The van der Waals surface area contributed by atoms with Crippen molar-refractivity contribution in [2.45, 2.75) is 19.3 Å². The lowest BCUT2D eigenvalue weighted by Gasteiger charge is -2.42. The van der Waals surface area contributed by atoms with Crippen LogP contribution in [0.5, 0.6) is 0 Å². The van der Waals surface area contributed by atoms with Gasteiger partial charge in [-0.25, -0.2) is 0 Å². The van der Waals surface area contributed by atoms with Crippen molar-refractivity contribution in [2.75, 3.05) is 10.6 Å². The van der Waals surface area contributed by atoms with Gasteiger partial charge in [0.25, 0.3) is 0 Å². The highest BCUT2D eigenvalue weighted by atomic mass is 15.2. The molecule has 6 rings (SSSR count). The van der Waals surface area contributed by atoms with Crippen LogP contribution >= 0.6 is 0 Å². The molecule has 1 aliphatic heterocycles. The number of para-hydroxylation sites is 2. The minimum atomic E-state index is -0.116. The number of rotatable bonds is 3. The van der Waals surface area contributed by atoms with Gasteiger partial charge in [0.15, 0.2) is 0 Å². The van der Waals surface area contributed by atoms with E-state index in [0.717, 1.165) is 22.1 Å². The standard InChI is InChI=1S/C31H26N4/c1-31(2)24-16-8-10-18-27(24)35(28-19-11-9-17-25(28)31)29-20-26(32)30(23-15-7-6-14-22(23)29)34-33-21-12-4-3-5-13-21/h3-20H,32H2,1-2H3. The van der Waals surface area contributed by atoms with E-state index >= 15 is 0 Å². The highest BCUT2D eigenvalue weighted by Gasteiger charge is 2.37. The van der Waals surface area contributed by atoms with Crippen LogP contribution in [0.25, 0.3) is 10.8 Å². The molecule has 1 heterocycles. The second kappa shape index (κ2) is 8.10. The molecule has 0 bridgehead atoms. The maximum atomic E-state index is 6.67.